The molecule has 0 heterocycles. The fourth-order valence-corrected chi connectivity index (χ4v) is 3.06. The van der Waals surface area contributed by atoms with Crippen LogP contribution < -0.4 is 0 Å². The summed E-state index contributed by atoms with van der Waals surface area (Å²) in [6.45, 7) is 7.71. The molecule has 0 aromatic carbocycles. The van der Waals surface area contributed by atoms with Gasteiger partial charge in [-0.3, -0.25) is 0 Å². The van der Waals surface area contributed by atoms with Crippen LogP contribution in [-0.2, 0) is 18.9 Å². The van der Waals surface area contributed by atoms with Crippen molar-refractivity contribution in [3.05, 3.63) is 0 Å². The Morgan fingerprint density at radius 1 is 0.433 bits per heavy atom. The normalized spacial score (nSPS) is 13.6. The van der Waals surface area contributed by atoms with Crippen LogP contribution >= 0.6 is 0 Å². The Hall–Kier alpha value is -0.240. The summed E-state index contributed by atoms with van der Waals surface area (Å²) in [7, 11) is 0. The van der Waals surface area contributed by atoms with E-state index in [1.807, 2.05) is 0 Å². The quantitative estimate of drug-likeness (QED) is 0.206. The Kier molecular flexibility index (Phi) is 24.8. The first-order valence-electron chi connectivity index (χ1n) is 12.4. The van der Waals surface area contributed by atoms with Crippen LogP contribution in [0.3, 0.4) is 0 Å². The lowest BCUT2D eigenvalue weighted by molar-refractivity contribution is -0.0508. The molecule has 6 nitrogen and oxygen atoms in total. The third-order valence-electron chi connectivity index (χ3n) is 4.90. The molecular weight excluding hydrogens is 384 g/mol. The standard InChI is InChI=1S/C24H50O6/c1-3-5-7-9-11-13-15-27-19-23(25)21-29-17-18-30-22-24(26)20-28-16-14-12-10-8-6-4-2/h23-26H,3-22H2,1-2H3. The van der Waals surface area contributed by atoms with E-state index in [2.05, 4.69) is 13.8 Å². The lowest BCUT2D eigenvalue weighted by Crippen LogP contribution is -2.25. The largest absolute Gasteiger partial charge is 0.388 e. The number of hydrogen-bond donors (Lipinski definition) is 2. The van der Waals surface area contributed by atoms with E-state index in [0.717, 1.165) is 12.8 Å². The smallest absolute Gasteiger partial charge is 0.101 e. The Morgan fingerprint density at radius 3 is 1.10 bits per heavy atom. The van der Waals surface area contributed by atoms with E-state index in [0.29, 0.717) is 39.6 Å². The molecule has 0 aromatic rings. The van der Waals surface area contributed by atoms with E-state index in [4.69, 9.17) is 18.9 Å². The third kappa shape index (κ3) is 24.0. The van der Waals surface area contributed by atoms with E-state index in [1.54, 1.807) is 0 Å². The van der Waals surface area contributed by atoms with Crippen molar-refractivity contribution in [1.82, 2.24) is 0 Å². The molecule has 0 aromatic heterocycles. The minimum absolute atomic E-state index is 0.240. The number of aliphatic hydroxyl groups excluding tert-OH is 2. The van der Waals surface area contributed by atoms with E-state index in [9.17, 15) is 10.2 Å². The summed E-state index contributed by atoms with van der Waals surface area (Å²) in [5, 5.41) is 19.6. The first kappa shape index (κ1) is 29.8. The van der Waals surface area contributed by atoms with Crippen molar-refractivity contribution < 1.29 is 29.2 Å². The summed E-state index contributed by atoms with van der Waals surface area (Å²) in [4.78, 5) is 0. The molecule has 30 heavy (non-hydrogen) atoms. The summed E-state index contributed by atoms with van der Waals surface area (Å²) in [5.74, 6) is 0. The Balaban J connectivity index is 3.25. The van der Waals surface area contributed by atoms with Crippen molar-refractivity contribution in [2.24, 2.45) is 0 Å². The third-order valence-corrected chi connectivity index (χ3v) is 4.90. The molecule has 0 spiro atoms. The highest BCUT2D eigenvalue weighted by Gasteiger charge is 2.06. The summed E-state index contributed by atoms with van der Waals surface area (Å²) in [6, 6.07) is 0. The van der Waals surface area contributed by atoms with Gasteiger partial charge in [-0.15, -0.1) is 0 Å². The van der Waals surface area contributed by atoms with Crippen LogP contribution in [-0.4, -0.2) is 75.3 Å². The van der Waals surface area contributed by atoms with Crippen molar-refractivity contribution in [2.75, 3.05) is 52.9 Å². The van der Waals surface area contributed by atoms with Gasteiger partial charge >= 0.3 is 0 Å². The molecule has 0 bridgehead atoms. The van der Waals surface area contributed by atoms with Gasteiger partial charge in [0.25, 0.3) is 0 Å². The molecule has 0 aliphatic rings. The second-order valence-corrected chi connectivity index (χ2v) is 8.14. The van der Waals surface area contributed by atoms with Crippen molar-refractivity contribution >= 4 is 0 Å². The number of rotatable bonds is 25. The first-order chi connectivity index (χ1) is 14.7. The maximum atomic E-state index is 9.82. The van der Waals surface area contributed by atoms with Gasteiger partial charge in [0.15, 0.2) is 0 Å². The van der Waals surface area contributed by atoms with E-state index < -0.39 is 12.2 Å². The summed E-state index contributed by atoms with van der Waals surface area (Å²) in [6.07, 6.45) is 13.6. The van der Waals surface area contributed by atoms with E-state index in [-0.39, 0.29) is 13.2 Å². The molecule has 2 unspecified atom stereocenters. The van der Waals surface area contributed by atoms with Crippen LogP contribution in [0.5, 0.6) is 0 Å². The Bertz CT molecular complexity index is 286. The average molecular weight is 435 g/mol. The molecule has 0 amide bonds. The highest BCUT2D eigenvalue weighted by atomic mass is 16.5. The lowest BCUT2D eigenvalue weighted by atomic mass is 10.1. The maximum absolute atomic E-state index is 9.82. The lowest BCUT2D eigenvalue weighted by Gasteiger charge is -2.13. The summed E-state index contributed by atoms with van der Waals surface area (Å²) in [5.41, 5.74) is 0. The number of aliphatic hydroxyl groups is 2. The maximum Gasteiger partial charge on any atom is 0.101 e. The topological polar surface area (TPSA) is 77.4 Å². The fourth-order valence-electron chi connectivity index (χ4n) is 3.06. The van der Waals surface area contributed by atoms with Gasteiger partial charge in [0.1, 0.15) is 12.2 Å². The first-order valence-corrected chi connectivity index (χ1v) is 12.4. The van der Waals surface area contributed by atoms with Gasteiger partial charge in [0, 0.05) is 13.2 Å². The van der Waals surface area contributed by atoms with Crippen LogP contribution in [0.25, 0.3) is 0 Å². The summed E-state index contributed by atoms with van der Waals surface area (Å²) >= 11 is 0. The minimum atomic E-state index is -0.606. The van der Waals surface area contributed by atoms with Crippen LogP contribution in [0.4, 0.5) is 0 Å². The molecule has 0 rings (SSSR count). The van der Waals surface area contributed by atoms with Gasteiger partial charge in [-0.1, -0.05) is 78.1 Å². The number of unbranched alkanes of at least 4 members (excludes halogenated alkanes) is 10. The molecule has 6 heteroatoms. The second kappa shape index (κ2) is 25.0. The highest BCUT2D eigenvalue weighted by Crippen LogP contribution is 2.06. The molecule has 0 saturated heterocycles. The SMILES string of the molecule is CCCCCCCCOCC(O)COCCOCC(O)COCCCCCCCC. The molecule has 2 atom stereocenters. The Morgan fingerprint density at radius 2 is 0.733 bits per heavy atom. The van der Waals surface area contributed by atoms with Crippen molar-refractivity contribution in [1.29, 1.82) is 0 Å². The second-order valence-electron chi connectivity index (χ2n) is 8.14. The zero-order valence-electron chi connectivity index (χ0n) is 19.8. The zero-order valence-corrected chi connectivity index (χ0v) is 19.8. The molecule has 0 radical (unpaired) electrons. The molecule has 0 aliphatic heterocycles. The number of ether oxygens (including phenoxy) is 4. The van der Waals surface area contributed by atoms with Crippen LogP contribution in [0, 0.1) is 0 Å². The van der Waals surface area contributed by atoms with Gasteiger partial charge in [0.2, 0.25) is 0 Å². The Labute approximate surface area is 185 Å². The van der Waals surface area contributed by atoms with Crippen LogP contribution in [0.15, 0.2) is 0 Å². The van der Waals surface area contributed by atoms with Crippen molar-refractivity contribution in [2.45, 2.75) is 103 Å². The van der Waals surface area contributed by atoms with Gasteiger partial charge in [-0.2, -0.15) is 0 Å². The molecule has 0 aliphatic carbocycles. The molecule has 0 saturated carbocycles. The van der Waals surface area contributed by atoms with E-state index in [1.165, 1.54) is 64.2 Å². The van der Waals surface area contributed by atoms with Crippen molar-refractivity contribution in [3.8, 4) is 0 Å². The molecule has 182 valence electrons. The molecular formula is C24H50O6. The minimum Gasteiger partial charge on any atom is -0.388 e. The van der Waals surface area contributed by atoms with Gasteiger partial charge in [-0.25, -0.2) is 0 Å². The average Bonchev–Trinajstić information content (AvgIpc) is 2.74. The monoisotopic (exact) mass is 434 g/mol. The van der Waals surface area contributed by atoms with Crippen molar-refractivity contribution in [3.63, 3.8) is 0 Å². The zero-order chi connectivity index (χ0) is 22.1. The van der Waals surface area contributed by atoms with Gasteiger partial charge in [0.05, 0.1) is 39.6 Å². The predicted molar refractivity (Wildman–Crippen MR) is 122 cm³/mol. The van der Waals surface area contributed by atoms with Gasteiger partial charge < -0.3 is 29.2 Å². The fraction of sp³-hybridized carbons (Fsp3) is 1.00. The van der Waals surface area contributed by atoms with Gasteiger partial charge in [-0.05, 0) is 12.8 Å². The number of hydrogen-bond acceptors (Lipinski definition) is 6. The van der Waals surface area contributed by atoms with Crippen LogP contribution in [0.2, 0.25) is 0 Å². The van der Waals surface area contributed by atoms with Crippen LogP contribution in [0.1, 0.15) is 90.9 Å². The predicted octanol–water partition coefficient (Wildman–Crippen LogP) is 4.50. The highest BCUT2D eigenvalue weighted by molar-refractivity contribution is 4.54. The molecule has 2 N–H and O–H groups in total. The van der Waals surface area contributed by atoms with E-state index >= 15 is 0 Å². The summed E-state index contributed by atoms with van der Waals surface area (Å²) < 4.78 is 21.7. The molecule has 0 fully saturated rings.